The number of carbonyl (C=O) groups excluding carboxylic acids is 1. The fourth-order valence-electron chi connectivity index (χ4n) is 2.78. The van der Waals surface area contributed by atoms with E-state index in [0.717, 1.165) is 16.8 Å². The third kappa shape index (κ3) is 4.45. The average Bonchev–Trinajstić information content (AvgIpc) is 2.60. The molecule has 2 aromatic carbocycles. The van der Waals surface area contributed by atoms with Crippen LogP contribution < -0.4 is 10.6 Å². The number of nitrogens with zero attached hydrogens (tertiary/aromatic N) is 2. The minimum Gasteiger partial charge on any atom is -0.364 e. The molecule has 0 bridgehead atoms. The molecule has 0 saturated carbocycles. The molecule has 5 nitrogen and oxygen atoms in total. The molecule has 3 aromatic rings. The van der Waals surface area contributed by atoms with Crippen molar-refractivity contribution in [1.82, 2.24) is 10.2 Å². The van der Waals surface area contributed by atoms with Crippen molar-refractivity contribution in [3.63, 3.8) is 0 Å². The number of benzene rings is 2. The van der Waals surface area contributed by atoms with Gasteiger partial charge in [0.2, 0.25) is 0 Å². The van der Waals surface area contributed by atoms with E-state index in [4.69, 9.17) is 0 Å². The number of rotatable bonds is 5. The lowest BCUT2D eigenvalue weighted by Gasteiger charge is -2.09. The maximum absolute atomic E-state index is 12.3. The van der Waals surface area contributed by atoms with Gasteiger partial charge in [0.25, 0.3) is 5.91 Å². The summed E-state index contributed by atoms with van der Waals surface area (Å²) in [5.41, 5.74) is 5.66. The van der Waals surface area contributed by atoms with Crippen LogP contribution >= 0.6 is 0 Å². The van der Waals surface area contributed by atoms with Crippen molar-refractivity contribution in [2.45, 2.75) is 27.3 Å². The minimum absolute atomic E-state index is 0.270. The Morgan fingerprint density at radius 1 is 0.923 bits per heavy atom. The van der Waals surface area contributed by atoms with Gasteiger partial charge < -0.3 is 10.6 Å². The second-order valence-electron chi connectivity index (χ2n) is 6.41. The van der Waals surface area contributed by atoms with E-state index in [1.54, 1.807) is 12.1 Å². The van der Waals surface area contributed by atoms with Crippen LogP contribution in [0.25, 0.3) is 0 Å². The fraction of sp³-hybridized carbons (Fsp3) is 0.190. The molecular formula is C21H22N4O. The fourth-order valence-corrected chi connectivity index (χ4v) is 2.78. The molecule has 0 aliphatic heterocycles. The number of aromatic nitrogens is 2. The van der Waals surface area contributed by atoms with E-state index in [9.17, 15) is 4.79 Å². The zero-order valence-corrected chi connectivity index (χ0v) is 15.2. The molecule has 0 unspecified atom stereocenters. The molecule has 0 saturated heterocycles. The summed E-state index contributed by atoms with van der Waals surface area (Å²) in [5.74, 6) is 0.365. The monoisotopic (exact) mass is 346 g/mol. The number of anilines is 2. The Hall–Kier alpha value is -3.21. The first-order valence-electron chi connectivity index (χ1n) is 8.53. The highest BCUT2D eigenvalue weighted by atomic mass is 16.1. The molecule has 5 heteroatoms. The molecule has 0 fully saturated rings. The topological polar surface area (TPSA) is 66.9 Å². The van der Waals surface area contributed by atoms with Gasteiger partial charge in [-0.25, -0.2) is 0 Å². The minimum atomic E-state index is -0.270. The summed E-state index contributed by atoms with van der Waals surface area (Å²) in [7, 11) is 0. The smallest absolute Gasteiger partial charge is 0.276 e. The molecular weight excluding hydrogens is 324 g/mol. The summed E-state index contributed by atoms with van der Waals surface area (Å²) >= 11 is 0. The molecule has 26 heavy (non-hydrogen) atoms. The number of carbonyl (C=O) groups is 1. The van der Waals surface area contributed by atoms with Crippen molar-refractivity contribution in [2.24, 2.45) is 0 Å². The van der Waals surface area contributed by atoms with Crippen molar-refractivity contribution in [1.29, 1.82) is 0 Å². The molecule has 132 valence electrons. The summed E-state index contributed by atoms with van der Waals surface area (Å²) in [6.45, 7) is 6.73. The average molecular weight is 346 g/mol. The molecule has 1 amide bonds. The molecule has 0 atom stereocenters. The third-order valence-corrected chi connectivity index (χ3v) is 4.10. The van der Waals surface area contributed by atoms with Crippen molar-refractivity contribution >= 4 is 17.4 Å². The second kappa shape index (κ2) is 7.78. The van der Waals surface area contributed by atoms with Gasteiger partial charge in [-0.3, -0.25) is 4.79 Å². The van der Waals surface area contributed by atoms with Crippen LogP contribution in [0.15, 0.2) is 54.6 Å². The second-order valence-corrected chi connectivity index (χ2v) is 6.41. The van der Waals surface area contributed by atoms with Crippen LogP contribution in [0, 0.1) is 20.8 Å². The maximum atomic E-state index is 12.3. The maximum Gasteiger partial charge on any atom is 0.276 e. The molecule has 0 aliphatic rings. The highest BCUT2D eigenvalue weighted by Crippen LogP contribution is 2.15. The van der Waals surface area contributed by atoms with Crippen molar-refractivity contribution in [2.75, 3.05) is 10.6 Å². The zero-order chi connectivity index (χ0) is 18.5. The number of aryl methyl sites for hydroxylation is 3. The SMILES string of the molecule is Cc1cc(C)cc(NC(=O)c2ccc(NCc3ccccc3C)nn2)c1. The highest BCUT2D eigenvalue weighted by Gasteiger charge is 2.09. The molecule has 0 aliphatic carbocycles. The van der Waals surface area contributed by atoms with Gasteiger partial charge in [-0.15, -0.1) is 10.2 Å². The Labute approximate surface area is 153 Å². The number of amides is 1. The van der Waals surface area contributed by atoms with Crippen LogP contribution in [0.2, 0.25) is 0 Å². The van der Waals surface area contributed by atoms with Gasteiger partial charge in [-0.05, 0) is 67.3 Å². The largest absolute Gasteiger partial charge is 0.364 e. The molecule has 0 spiro atoms. The zero-order valence-electron chi connectivity index (χ0n) is 15.2. The number of hydrogen-bond acceptors (Lipinski definition) is 4. The summed E-state index contributed by atoms with van der Waals surface area (Å²) < 4.78 is 0. The van der Waals surface area contributed by atoms with Gasteiger partial charge >= 0.3 is 0 Å². The standard InChI is InChI=1S/C21H22N4O/c1-14-10-15(2)12-18(11-14)23-21(26)19-8-9-20(25-24-19)22-13-17-7-5-4-6-16(17)3/h4-12H,13H2,1-3H3,(H,22,25)(H,23,26). The first-order valence-corrected chi connectivity index (χ1v) is 8.53. The lowest BCUT2D eigenvalue weighted by Crippen LogP contribution is -2.15. The molecule has 0 radical (unpaired) electrons. The predicted molar refractivity (Wildman–Crippen MR) is 104 cm³/mol. The lowest BCUT2D eigenvalue weighted by molar-refractivity contribution is 0.102. The number of hydrogen-bond donors (Lipinski definition) is 2. The van der Waals surface area contributed by atoms with E-state index in [-0.39, 0.29) is 11.6 Å². The summed E-state index contributed by atoms with van der Waals surface area (Å²) in [6, 6.07) is 17.5. The van der Waals surface area contributed by atoms with Gasteiger partial charge in [0.1, 0.15) is 5.82 Å². The van der Waals surface area contributed by atoms with Gasteiger partial charge in [0.05, 0.1) is 0 Å². The van der Waals surface area contributed by atoms with Crippen molar-refractivity contribution in [3.8, 4) is 0 Å². The lowest BCUT2D eigenvalue weighted by atomic mass is 10.1. The van der Waals surface area contributed by atoms with Crippen LogP contribution in [0.5, 0.6) is 0 Å². The van der Waals surface area contributed by atoms with E-state index in [1.165, 1.54) is 11.1 Å². The summed E-state index contributed by atoms with van der Waals surface area (Å²) in [4.78, 5) is 12.3. The first kappa shape index (κ1) is 17.6. The Morgan fingerprint density at radius 3 is 2.31 bits per heavy atom. The van der Waals surface area contributed by atoms with Gasteiger partial charge in [0.15, 0.2) is 5.69 Å². The Morgan fingerprint density at radius 2 is 1.65 bits per heavy atom. The Kier molecular flexibility index (Phi) is 5.27. The van der Waals surface area contributed by atoms with Gasteiger partial charge in [-0.2, -0.15) is 0 Å². The highest BCUT2D eigenvalue weighted by molar-refractivity contribution is 6.02. The van der Waals surface area contributed by atoms with E-state index >= 15 is 0 Å². The normalized spacial score (nSPS) is 10.4. The van der Waals surface area contributed by atoms with E-state index < -0.39 is 0 Å². The van der Waals surface area contributed by atoms with Crippen LogP contribution in [-0.4, -0.2) is 16.1 Å². The summed E-state index contributed by atoms with van der Waals surface area (Å²) in [6.07, 6.45) is 0. The van der Waals surface area contributed by atoms with Gasteiger partial charge in [-0.1, -0.05) is 30.3 Å². The molecule has 2 N–H and O–H groups in total. The molecule has 3 rings (SSSR count). The van der Waals surface area contributed by atoms with E-state index in [1.807, 2.05) is 38.1 Å². The van der Waals surface area contributed by atoms with Crippen molar-refractivity contribution < 1.29 is 4.79 Å². The van der Waals surface area contributed by atoms with E-state index in [2.05, 4.69) is 46.0 Å². The third-order valence-electron chi connectivity index (χ3n) is 4.10. The predicted octanol–water partition coefficient (Wildman–Crippen LogP) is 4.27. The summed E-state index contributed by atoms with van der Waals surface area (Å²) in [5, 5.41) is 14.2. The van der Waals surface area contributed by atoms with Crippen LogP contribution in [-0.2, 0) is 6.54 Å². The van der Waals surface area contributed by atoms with Crippen molar-refractivity contribution in [3.05, 3.63) is 82.5 Å². The number of nitrogens with one attached hydrogen (secondary N) is 2. The van der Waals surface area contributed by atoms with E-state index in [0.29, 0.717) is 12.4 Å². The van der Waals surface area contributed by atoms with Gasteiger partial charge in [0, 0.05) is 12.2 Å². The van der Waals surface area contributed by atoms with Crippen LogP contribution in [0.1, 0.15) is 32.7 Å². The Bertz CT molecular complexity index is 899. The quantitative estimate of drug-likeness (QED) is 0.724. The molecule has 1 heterocycles. The Balaban J connectivity index is 1.63. The first-order chi connectivity index (χ1) is 12.5. The molecule has 1 aromatic heterocycles. The van der Waals surface area contributed by atoms with Crippen LogP contribution in [0.3, 0.4) is 0 Å². The van der Waals surface area contributed by atoms with Crippen LogP contribution in [0.4, 0.5) is 11.5 Å².